The van der Waals surface area contributed by atoms with Crippen LogP contribution in [0, 0.1) is 0 Å². The molecule has 1 unspecified atom stereocenters. The minimum atomic E-state index is -0.457. The monoisotopic (exact) mass is 313 g/mol. The summed E-state index contributed by atoms with van der Waals surface area (Å²) < 4.78 is 0. The highest BCUT2D eigenvalue weighted by Gasteiger charge is 2.37. The summed E-state index contributed by atoms with van der Waals surface area (Å²) in [5, 5.41) is 5.07. The van der Waals surface area contributed by atoms with Gasteiger partial charge in [-0.1, -0.05) is 12.1 Å². The molecule has 0 radical (unpaired) electrons. The Kier molecular flexibility index (Phi) is 3.95. The molecule has 2 aliphatic heterocycles. The standard InChI is InChI=1S/C16H15N3O4/c20-8-13-14(3-4-15(22)18-13)19-7-11-5-10(6-17-9-21)1-2-12(11)16(19)23/h1-2,5,9,14H,3-4,6-7H2,(H,17,21)(H,18,22). The Bertz CT molecular complexity index is 737. The molecule has 2 heterocycles. The quantitative estimate of drug-likeness (QED) is 0.598. The van der Waals surface area contributed by atoms with Crippen molar-refractivity contribution in [2.24, 2.45) is 0 Å². The maximum Gasteiger partial charge on any atom is 0.255 e. The Morgan fingerprint density at radius 1 is 1.39 bits per heavy atom. The summed E-state index contributed by atoms with van der Waals surface area (Å²) in [6.45, 7) is 0.763. The lowest BCUT2D eigenvalue weighted by Gasteiger charge is -2.31. The molecule has 118 valence electrons. The topological polar surface area (TPSA) is 95.6 Å². The van der Waals surface area contributed by atoms with Gasteiger partial charge in [-0.25, -0.2) is 4.79 Å². The molecule has 0 saturated carbocycles. The van der Waals surface area contributed by atoms with E-state index in [4.69, 9.17) is 0 Å². The van der Waals surface area contributed by atoms with Crippen LogP contribution >= 0.6 is 0 Å². The van der Waals surface area contributed by atoms with Crippen molar-refractivity contribution < 1.29 is 19.2 Å². The van der Waals surface area contributed by atoms with Crippen LogP contribution in [0.5, 0.6) is 0 Å². The third-order valence-corrected chi connectivity index (χ3v) is 4.13. The van der Waals surface area contributed by atoms with Crippen LogP contribution in [0.1, 0.15) is 34.3 Å². The first-order valence-electron chi connectivity index (χ1n) is 7.28. The van der Waals surface area contributed by atoms with E-state index < -0.39 is 6.04 Å². The van der Waals surface area contributed by atoms with Crippen LogP contribution < -0.4 is 10.6 Å². The van der Waals surface area contributed by atoms with Crippen molar-refractivity contribution >= 4 is 24.2 Å². The molecule has 0 bridgehead atoms. The van der Waals surface area contributed by atoms with E-state index in [1.165, 1.54) is 0 Å². The number of nitrogens with zero attached hydrogens (tertiary/aromatic N) is 1. The van der Waals surface area contributed by atoms with E-state index in [1.807, 2.05) is 6.07 Å². The highest BCUT2D eigenvalue weighted by Crippen LogP contribution is 2.29. The molecule has 0 spiro atoms. The summed E-state index contributed by atoms with van der Waals surface area (Å²) in [7, 11) is 0. The maximum absolute atomic E-state index is 12.6. The molecular weight excluding hydrogens is 298 g/mol. The molecule has 3 rings (SSSR count). The fraction of sp³-hybridized carbons (Fsp3) is 0.312. The van der Waals surface area contributed by atoms with Crippen molar-refractivity contribution in [3.8, 4) is 0 Å². The molecule has 0 aromatic heterocycles. The van der Waals surface area contributed by atoms with Gasteiger partial charge >= 0.3 is 0 Å². The van der Waals surface area contributed by atoms with Crippen molar-refractivity contribution in [2.45, 2.75) is 32.0 Å². The lowest BCUT2D eigenvalue weighted by Crippen LogP contribution is -2.46. The highest BCUT2D eigenvalue weighted by atomic mass is 16.2. The fourth-order valence-electron chi connectivity index (χ4n) is 3.03. The van der Waals surface area contributed by atoms with Crippen molar-refractivity contribution in [1.29, 1.82) is 0 Å². The third-order valence-electron chi connectivity index (χ3n) is 4.13. The summed E-state index contributed by atoms with van der Waals surface area (Å²) in [6, 6.07) is 4.93. The van der Waals surface area contributed by atoms with Crippen LogP contribution in [0.25, 0.3) is 0 Å². The smallest absolute Gasteiger partial charge is 0.255 e. The zero-order chi connectivity index (χ0) is 16.4. The zero-order valence-electron chi connectivity index (χ0n) is 12.3. The number of piperidine rings is 1. The third kappa shape index (κ3) is 2.74. The lowest BCUT2D eigenvalue weighted by molar-refractivity contribution is -0.121. The molecule has 7 nitrogen and oxygen atoms in total. The molecule has 1 saturated heterocycles. The number of rotatable bonds is 4. The van der Waals surface area contributed by atoms with Crippen LogP contribution in [0.2, 0.25) is 0 Å². The zero-order valence-corrected chi connectivity index (χ0v) is 12.3. The van der Waals surface area contributed by atoms with Gasteiger partial charge in [-0.15, -0.1) is 0 Å². The van der Waals surface area contributed by atoms with Crippen molar-refractivity contribution in [2.75, 3.05) is 0 Å². The summed E-state index contributed by atoms with van der Waals surface area (Å²) >= 11 is 0. The molecule has 23 heavy (non-hydrogen) atoms. The van der Waals surface area contributed by atoms with Gasteiger partial charge < -0.3 is 15.5 Å². The van der Waals surface area contributed by atoms with E-state index in [9.17, 15) is 19.2 Å². The van der Waals surface area contributed by atoms with E-state index in [2.05, 4.69) is 10.6 Å². The summed E-state index contributed by atoms with van der Waals surface area (Å²) in [5.41, 5.74) is 2.45. The van der Waals surface area contributed by atoms with Gasteiger partial charge in [0, 0.05) is 25.1 Å². The molecule has 1 atom stereocenters. The summed E-state index contributed by atoms with van der Waals surface area (Å²) in [4.78, 5) is 47.0. The fourth-order valence-corrected chi connectivity index (χ4v) is 3.03. The van der Waals surface area contributed by atoms with E-state index in [1.54, 1.807) is 23.0 Å². The van der Waals surface area contributed by atoms with E-state index in [0.29, 0.717) is 31.5 Å². The first kappa shape index (κ1) is 15.0. The minimum absolute atomic E-state index is 0.116. The van der Waals surface area contributed by atoms with Crippen LogP contribution in [0.4, 0.5) is 0 Å². The van der Waals surface area contributed by atoms with Gasteiger partial charge in [0.25, 0.3) is 5.91 Å². The Hall–Kier alpha value is -2.92. The van der Waals surface area contributed by atoms with Crippen LogP contribution in [0.15, 0.2) is 23.9 Å². The van der Waals surface area contributed by atoms with Crippen LogP contribution in [-0.2, 0) is 27.5 Å². The predicted octanol–water partition coefficient (Wildman–Crippen LogP) is -0.118. The van der Waals surface area contributed by atoms with Gasteiger partial charge in [-0.05, 0) is 23.6 Å². The van der Waals surface area contributed by atoms with Gasteiger partial charge in [-0.3, -0.25) is 14.4 Å². The van der Waals surface area contributed by atoms with Crippen molar-refractivity contribution in [3.05, 3.63) is 40.6 Å². The number of hydrogen-bond donors (Lipinski definition) is 2. The molecule has 7 heteroatoms. The molecule has 1 aromatic rings. The highest BCUT2D eigenvalue weighted by molar-refractivity contribution is 5.99. The van der Waals surface area contributed by atoms with Gasteiger partial charge in [-0.2, -0.15) is 0 Å². The van der Waals surface area contributed by atoms with Gasteiger partial charge in [0.1, 0.15) is 11.6 Å². The van der Waals surface area contributed by atoms with Crippen molar-refractivity contribution in [1.82, 2.24) is 15.5 Å². The molecular formula is C16H15N3O4. The van der Waals surface area contributed by atoms with E-state index in [0.717, 1.165) is 11.1 Å². The maximum atomic E-state index is 12.6. The number of carbonyl (C=O) groups excluding carboxylic acids is 4. The van der Waals surface area contributed by atoms with E-state index in [-0.39, 0.29) is 23.9 Å². The molecule has 1 aromatic carbocycles. The SMILES string of the molecule is O=C=C1NC(=O)CCC1N1Cc2cc(CNC=O)ccc2C1=O. The Labute approximate surface area is 132 Å². The van der Waals surface area contributed by atoms with Gasteiger partial charge in [0.2, 0.25) is 12.3 Å². The lowest BCUT2D eigenvalue weighted by atomic mass is 10.0. The van der Waals surface area contributed by atoms with Gasteiger partial charge in [0.05, 0.1) is 6.04 Å². The van der Waals surface area contributed by atoms with Crippen LogP contribution in [-0.4, -0.2) is 35.1 Å². The minimum Gasteiger partial charge on any atom is -0.355 e. The molecule has 1 fully saturated rings. The first-order chi connectivity index (χ1) is 11.1. The number of benzene rings is 1. The van der Waals surface area contributed by atoms with Crippen molar-refractivity contribution in [3.63, 3.8) is 0 Å². The predicted molar refractivity (Wildman–Crippen MR) is 79.6 cm³/mol. The largest absolute Gasteiger partial charge is 0.355 e. The molecule has 3 amide bonds. The number of nitrogens with one attached hydrogen (secondary N) is 2. The second kappa shape index (κ2) is 6.06. The summed E-state index contributed by atoms with van der Waals surface area (Å²) in [6.07, 6.45) is 1.30. The average molecular weight is 313 g/mol. The number of hydrogen-bond acceptors (Lipinski definition) is 4. The van der Waals surface area contributed by atoms with Crippen LogP contribution in [0.3, 0.4) is 0 Å². The Morgan fingerprint density at radius 2 is 2.22 bits per heavy atom. The second-order valence-electron chi connectivity index (χ2n) is 5.54. The summed E-state index contributed by atoms with van der Waals surface area (Å²) in [5.74, 6) is 1.35. The second-order valence-corrected chi connectivity index (χ2v) is 5.54. The number of carbonyl (C=O) groups is 3. The molecule has 2 N–H and O–H groups in total. The van der Waals surface area contributed by atoms with E-state index >= 15 is 0 Å². The number of fused-ring (bicyclic) bond motifs is 1. The van der Waals surface area contributed by atoms with Gasteiger partial charge in [0.15, 0.2) is 0 Å². The number of amides is 3. The Morgan fingerprint density at radius 3 is 2.96 bits per heavy atom. The molecule has 0 aliphatic carbocycles. The first-order valence-corrected chi connectivity index (χ1v) is 7.28. The Balaban J connectivity index is 1.84. The average Bonchev–Trinajstić information content (AvgIpc) is 2.89. The molecule has 2 aliphatic rings. The normalized spacial score (nSPS) is 19.9.